The van der Waals surface area contributed by atoms with Gasteiger partial charge in [0.15, 0.2) is 6.23 Å². The van der Waals surface area contributed by atoms with Gasteiger partial charge in [-0.15, -0.1) is 0 Å². The molecule has 0 aliphatic heterocycles. The van der Waals surface area contributed by atoms with Gasteiger partial charge in [0, 0.05) is 6.92 Å². The molecule has 0 atom stereocenters. The molecule has 0 aromatic rings. The van der Waals surface area contributed by atoms with Crippen LogP contribution in [-0.4, -0.2) is 21.2 Å². The molecule has 0 spiro atoms. The molecule has 0 aromatic carbocycles. The topological polar surface area (TPSA) is 72.7 Å². The SMILES string of the molecule is CC[C](O)NC(C)(O)O. The van der Waals surface area contributed by atoms with Crippen molar-refractivity contribution in [2.75, 3.05) is 0 Å². The Bertz CT molecular complexity index is 78.8. The number of aliphatic hydroxyl groups excluding tert-OH is 1. The second-order valence-corrected chi connectivity index (χ2v) is 1.95. The molecule has 0 heterocycles. The van der Waals surface area contributed by atoms with Crippen molar-refractivity contribution in [2.45, 2.75) is 26.2 Å². The zero-order valence-corrected chi connectivity index (χ0v) is 5.55. The summed E-state index contributed by atoms with van der Waals surface area (Å²) >= 11 is 0. The second kappa shape index (κ2) is 3.12. The lowest BCUT2D eigenvalue weighted by atomic mass is 10.4. The Balaban J connectivity index is 3.47. The van der Waals surface area contributed by atoms with Crippen molar-refractivity contribution in [2.24, 2.45) is 0 Å². The summed E-state index contributed by atoms with van der Waals surface area (Å²) in [5, 5.41) is 27.9. The van der Waals surface area contributed by atoms with Crippen LogP contribution in [0.5, 0.6) is 0 Å². The van der Waals surface area contributed by atoms with E-state index in [9.17, 15) is 0 Å². The van der Waals surface area contributed by atoms with Crippen LogP contribution in [0.1, 0.15) is 20.3 Å². The van der Waals surface area contributed by atoms with Gasteiger partial charge in [0.05, 0.1) is 0 Å². The Hall–Kier alpha value is -0.160. The van der Waals surface area contributed by atoms with E-state index in [1.54, 1.807) is 6.92 Å². The van der Waals surface area contributed by atoms with Gasteiger partial charge < -0.3 is 15.3 Å². The molecule has 0 unspecified atom stereocenters. The highest BCUT2D eigenvalue weighted by Gasteiger charge is 2.17. The fraction of sp³-hybridized carbons (Fsp3) is 0.800. The predicted molar refractivity (Wildman–Crippen MR) is 31.4 cm³/mol. The summed E-state index contributed by atoms with van der Waals surface area (Å²) in [7, 11) is 0. The molecule has 55 valence electrons. The number of rotatable bonds is 3. The second-order valence-electron chi connectivity index (χ2n) is 1.95. The van der Waals surface area contributed by atoms with Crippen LogP contribution in [0.15, 0.2) is 0 Å². The van der Waals surface area contributed by atoms with Gasteiger partial charge in [0.2, 0.25) is 5.91 Å². The van der Waals surface area contributed by atoms with Crippen LogP contribution in [-0.2, 0) is 0 Å². The van der Waals surface area contributed by atoms with Gasteiger partial charge in [0.25, 0.3) is 0 Å². The highest BCUT2D eigenvalue weighted by Crippen LogP contribution is 2.00. The third-order valence-electron chi connectivity index (χ3n) is 0.716. The summed E-state index contributed by atoms with van der Waals surface area (Å²) < 4.78 is 0. The summed E-state index contributed by atoms with van der Waals surface area (Å²) in [6.07, 6.45) is 0.221. The zero-order valence-electron chi connectivity index (χ0n) is 5.55. The molecule has 0 aliphatic carbocycles. The van der Waals surface area contributed by atoms with E-state index in [-0.39, 0.29) is 6.23 Å². The Morgan fingerprint density at radius 1 is 1.56 bits per heavy atom. The number of hydrogen-bond donors (Lipinski definition) is 4. The number of hydrogen-bond acceptors (Lipinski definition) is 4. The smallest absolute Gasteiger partial charge is 0.221 e. The van der Waals surface area contributed by atoms with E-state index in [1.807, 2.05) is 0 Å². The minimum absolute atomic E-state index is 0.137. The molecule has 4 heteroatoms. The average Bonchev–Trinajstić information content (AvgIpc) is 1.62. The van der Waals surface area contributed by atoms with E-state index in [2.05, 4.69) is 5.32 Å². The molecule has 0 saturated carbocycles. The summed E-state index contributed by atoms with van der Waals surface area (Å²) in [5.41, 5.74) is 0. The highest BCUT2D eigenvalue weighted by molar-refractivity contribution is 4.72. The molecule has 0 saturated heterocycles. The quantitative estimate of drug-likeness (QED) is 0.393. The summed E-state index contributed by atoms with van der Waals surface area (Å²) in [6.45, 7) is 2.81. The molecule has 4 nitrogen and oxygen atoms in total. The first-order valence-electron chi connectivity index (χ1n) is 2.73. The van der Waals surface area contributed by atoms with E-state index in [0.717, 1.165) is 6.92 Å². The maximum atomic E-state index is 8.68. The summed E-state index contributed by atoms with van der Waals surface area (Å²) in [6, 6.07) is 0. The van der Waals surface area contributed by atoms with E-state index >= 15 is 0 Å². The van der Waals surface area contributed by atoms with Crippen LogP contribution in [0.4, 0.5) is 0 Å². The minimum Gasteiger partial charge on any atom is -0.371 e. The Labute approximate surface area is 54.1 Å². The van der Waals surface area contributed by atoms with Crippen molar-refractivity contribution in [1.29, 1.82) is 0 Å². The fourth-order valence-electron chi connectivity index (χ4n) is 0.362. The van der Waals surface area contributed by atoms with E-state index in [0.29, 0.717) is 6.42 Å². The molecule has 9 heavy (non-hydrogen) atoms. The van der Waals surface area contributed by atoms with Crippen LogP contribution in [0.25, 0.3) is 0 Å². The summed E-state index contributed by atoms with van der Waals surface area (Å²) in [5.74, 6) is -2.01. The highest BCUT2D eigenvalue weighted by atomic mass is 16.5. The van der Waals surface area contributed by atoms with E-state index < -0.39 is 5.91 Å². The normalized spacial score (nSPS) is 12.7. The predicted octanol–water partition coefficient (Wildman–Crippen LogP) is -0.494. The van der Waals surface area contributed by atoms with E-state index in [4.69, 9.17) is 15.3 Å². The van der Waals surface area contributed by atoms with Crippen LogP contribution < -0.4 is 5.32 Å². The summed E-state index contributed by atoms with van der Waals surface area (Å²) in [4.78, 5) is 0. The minimum atomic E-state index is -2.01. The van der Waals surface area contributed by atoms with Gasteiger partial charge in [-0.1, -0.05) is 6.92 Å². The van der Waals surface area contributed by atoms with Crippen molar-refractivity contribution in [3.05, 3.63) is 6.23 Å². The molecule has 0 bridgehead atoms. The van der Waals surface area contributed by atoms with E-state index in [1.165, 1.54) is 0 Å². The van der Waals surface area contributed by atoms with Gasteiger partial charge in [-0.05, 0) is 6.42 Å². The lowest BCUT2D eigenvalue weighted by Crippen LogP contribution is -2.43. The third-order valence-corrected chi connectivity index (χ3v) is 0.716. The molecule has 1 radical (unpaired) electrons. The average molecular weight is 134 g/mol. The van der Waals surface area contributed by atoms with Crippen LogP contribution >= 0.6 is 0 Å². The monoisotopic (exact) mass is 134 g/mol. The van der Waals surface area contributed by atoms with Crippen molar-refractivity contribution in [3.63, 3.8) is 0 Å². The Morgan fingerprint density at radius 3 is 2.11 bits per heavy atom. The van der Waals surface area contributed by atoms with Crippen LogP contribution in [0, 0.1) is 6.23 Å². The third kappa shape index (κ3) is 5.72. The van der Waals surface area contributed by atoms with Crippen LogP contribution in [0.2, 0.25) is 0 Å². The van der Waals surface area contributed by atoms with Gasteiger partial charge in [0.1, 0.15) is 0 Å². The van der Waals surface area contributed by atoms with Gasteiger partial charge in [-0.25, -0.2) is 5.32 Å². The number of nitrogens with one attached hydrogen (secondary N) is 1. The van der Waals surface area contributed by atoms with Crippen molar-refractivity contribution in [3.8, 4) is 0 Å². The molecule has 0 fully saturated rings. The fourth-order valence-corrected chi connectivity index (χ4v) is 0.362. The Kier molecular flexibility index (Phi) is 3.07. The molecule has 0 amide bonds. The lowest BCUT2D eigenvalue weighted by Gasteiger charge is -2.19. The molecular weight excluding hydrogens is 122 g/mol. The first kappa shape index (κ1) is 8.84. The van der Waals surface area contributed by atoms with Gasteiger partial charge in [-0.2, -0.15) is 0 Å². The molecule has 0 aliphatic rings. The number of aliphatic hydroxyl groups is 3. The maximum absolute atomic E-state index is 8.68. The zero-order chi connectivity index (χ0) is 7.49. The first-order valence-corrected chi connectivity index (χ1v) is 2.73. The molecule has 4 N–H and O–H groups in total. The molecular formula is C5H12NO3. The molecule has 0 rings (SSSR count). The molecule has 0 aromatic heterocycles. The lowest BCUT2D eigenvalue weighted by molar-refractivity contribution is -0.177. The van der Waals surface area contributed by atoms with Gasteiger partial charge >= 0.3 is 0 Å². The maximum Gasteiger partial charge on any atom is 0.221 e. The van der Waals surface area contributed by atoms with Crippen molar-refractivity contribution < 1.29 is 15.3 Å². The largest absolute Gasteiger partial charge is 0.371 e. The van der Waals surface area contributed by atoms with Crippen molar-refractivity contribution >= 4 is 0 Å². The Morgan fingerprint density at radius 2 is 2.00 bits per heavy atom. The van der Waals surface area contributed by atoms with Crippen LogP contribution in [0.3, 0.4) is 0 Å². The van der Waals surface area contributed by atoms with Gasteiger partial charge in [-0.3, -0.25) is 0 Å². The van der Waals surface area contributed by atoms with Crippen molar-refractivity contribution in [1.82, 2.24) is 5.32 Å². The first-order chi connectivity index (χ1) is 3.95. The standard InChI is InChI=1S/C5H12NO3/c1-3-4(7)6-5(2,8)9/h6-9H,3H2,1-2H3.